The van der Waals surface area contributed by atoms with Crippen molar-refractivity contribution in [2.45, 2.75) is 57.0 Å². The van der Waals surface area contributed by atoms with Crippen LogP contribution < -0.4 is 5.32 Å². The molecule has 1 N–H and O–H groups in total. The third-order valence-corrected chi connectivity index (χ3v) is 4.84. The summed E-state index contributed by atoms with van der Waals surface area (Å²) in [7, 11) is 0. The van der Waals surface area contributed by atoms with E-state index >= 15 is 0 Å². The number of rotatable bonds is 9. The Bertz CT molecular complexity index is 606. The summed E-state index contributed by atoms with van der Waals surface area (Å²) in [6.07, 6.45) is 9.90. The van der Waals surface area contributed by atoms with E-state index in [4.69, 9.17) is 0 Å². The van der Waals surface area contributed by atoms with Crippen LogP contribution in [-0.4, -0.2) is 29.3 Å². The van der Waals surface area contributed by atoms with E-state index in [0.717, 1.165) is 31.2 Å². The molecule has 0 unspecified atom stereocenters. The van der Waals surface area contributed by atoms with Gasteiger partial charge in [0.05, 0.1) is 0 Å². The number of nitrogens with zero attached hydrogens (tertiary/aromatic N) is 1. The molecule has 0 aromatic heterocycles. The highest BCUT2D eigenvalue weighted by Crippen LogP contribution is 2.24. The Kier molecular flexibility index (Phi) is 8.13. The summed E-state index contributed by atoms with van der Waals surface area (Å²) in [5, 5.41) is 3.18. The third-order valence-electron chi connectivity index (χ3n) is 4.84. The largest absolute Gasteiger partial charge is 0.351 e. The Morgan fingerprint density at radius 3 is 2.42 bits per heavy atom. The van der Waals surface area contributed by atoms with E-state index in [1.165, 1.54) is 6.42 Å². The first-order chi connectivity index (χ1) is 12.7. The summed E-state index contributed by atoms with van der Waals surface area (Å²) in [5.41, 5.74) is 0.828. The molecule has 4 heteroatoms. The van der Waals surface area contributed by atoms with Gasteiger partial charge in [-0.2, -0.15) is 0 Å². The molecule has 1 atom stereocenters. The predicted octanol–water partition coefficient (Wildman–Crippen LogP) is 4.16. The van der Waals surface area contributed by atoms with E-state index in [1.54, 1.807) is 17.1 Å². The average Bonchev–Trinajstić information content (AvgIpc) is 2.67. The highest BCUT2D eigenvalue weighted by Gasteiger charge is 2.31. The van der Waals surface area contributed by atoms with Crippen molar-refractivity contribution >= 4 is 11.8 Å². The Labute approximate surface area is 157 Å². The number of benzene rings is 1. The lowest BCUT2D eigenvalue weighted by Crippen LogP contribution is -2.47. The molecule has 1 aliphatic rings. The van der Waals surface area contributed by atoms with E-state index in [0.29, 0.717) is 19.4 Å². The van der Waals surface area contributed by atoms with Gasteiger partial charge in [-0.25, -0.2) is 0 Å². The second-order valence-electron chi connectivity index (χ2n) is 6.82. The molecular weight excluding hydrogens is 324 g/mol. The topological polar surface area (TPSA) is 49.4 Å². The van der Waals surface area contributed by atoms with Crippen molar-refractivity contribution in [1.82, 2.24) is 10.2 Å². The third kappa shape index (κ3) is 5.58. The van der Waals surface area contributed by atoms with E-state index in [2.05, 4.69) is 18.5 Å². The zero-order chi connectivity index (χ0) is 18.8. The van der Waals surface area contributed by atoms with Gasteiger partial charge in [-0.1, -0.05) is 61.7 Å². The van der Waals surface area contributed by atoms with Gasteiger partial charge in [-0.15, -0.1) is 13.2 Å². The number of carbonyl (C=O) groups is 2. The minimum Gasteiger partial charge on any atom is -0.351 e. The van der Waals surface area contributed by atoms with Crippen molar-refractivity contribution in [1.29, 1.82) is 0 Å². The Morgan fingerprint density at radius 1 is 1.12 bits per heavy atom. The SMILES string of the molecule is C=CCCC(=O)N(CC=C)[C@@H](C(=O)NC1CCCCC1)c1ccccc1. The first-order valence-electron chi connectivity index (χ1n) is 9.54. The lowest BCUT2D eigenvalue weighted by molar-refractivity contribution is -0.140. The van der Waals surface area contributed by atoms with Crippen molar-refractivity contribution in [3.8, 4) is 0 Å². The highest BCUT2D eigenvalue weighted by molar-refractivity contribution is 5.89. The number of hydrogen-bond acceptors (Lipinski definition) is 2. The van der Waals surface area contributed by atoms with E-state index < -0.39 is 6.04 Å². The van der Waals surface area contributed by atoms with Crippen LogP contribution in [0.1, 0.15) is 56.6 Å². The molecule has 0 bridgehead atoms. The standard InChI is InChI=1S/C22H30N2O2/c1-3-5-16-20(25)24(17-4-2)21(18-12-8-6-9-13-18)22(26)23-19-14-10-7-11-15-19/h3-4,6,8-9,12-13,19,21H,1-2,5,7,10-11,14-17H2,(H,23,26)/t21-/m1/s1. The molecular formula is C22H30N2O2. The van der Waals surface area contributed by atoms with Crippen molar-refractivity contribution in [3.05, 3.63) is 61.2 Å². The lowest BCUT2D eigenvalue weighted by Gasteiger charge is -2.32. The maximum absolute atomic E-state index is 13.1. The molecule has 0 saturated heterocycles. The van der Waals surface area contributed by atoms with Crippen LogP contribution in [-0.2, 0) is 9.59 Å². The Morgan fingerprint density at radius 2 is 1.81 bits per heavy atom. The highest BCUT2D eigenvalue weighted by atomic mass is 16.2. The summed E-state index contributed by atoms with van der Waals surface area (Å²) in [5.74, 6) is -0.158. The Hall–Kier alpha value is -2.36. The van der Waals surface area contributed by atoms with Gasteiger partial charge in [-0.3, -0.25) is 9.59 Å². The summed E-state index contributed by atoms with van der Waals surface area (Å²) < 4.78 is 0. The fourth-order valence-electron chi connectivity index (χ4n) is 3.49. The van der Waals surface area contributed by atoms with E-state index in [1.807, 2.05) is 30.3 Å². The minimum atomic E-state index is -0.631. The number of nitrogens with one attached hydrogen (secondary N) is 1. The molecule has 1 aromatic carbocycles. The molecule has 0 radical (unpaired) electrons. The fourth-order valence-corrected chi connectivity index (χ4v) is 3.49. The van der Waals surface area contributed by atoms with Crippen LogP contribution in [0.5, 0.6) is 0 Å². The molecule has 1 aromatic rings. The molecule has 2 rings (SSSR count). The Balaban J connectivity index is 2.25. The number of carbonyl (C=O) groups excluding carboxylic acids is 2. The van der Waals surface area contributed by atoms with Gasteiger partial charge in [0.1, 0.15) is 6.04 Å². The van der Waals surface area contributed by atoms with Crippen molar-refractivity contribution in [3.63, 3.8) is 0 Å². The number of amides is 2. The number of hydrogen-bond donors (Lipinski definition) is 1. The normalized spacial score (nSPS) is 15.7. The first kappa shape index (κ1) is 20.0. The molecule has 0 heterocycles. The van der Waals surface area contributed by atoms with Crippen LogP contribution >= 0.6 is 0 Å². The van der Waals surface area contributed by atoms with Gasteiger partial charge in [0.15, 0.2) is 0 Å². The van der Waals surface area contributed by atoms with Crippen LogP contribution in [0, 0.1) is 0 Å². The summed E-state index contributed by atoms with van der Waals surface area (Å²) in [6.45, 7) is 7.79. The van der Waals surface area contributed by atoms with Crippen LogP contribution in [0.15, 0.2) is 55.6 Å². The molecule has 4 nitrogen and oxygen atoms in total. The minimum absolute atomic E-state index is 0.0579. The average molecular weight is 354 g/mol. The number of allylic oxidation sites excluding steroid dienone is 1. The van der Waals surface area contributed by atoms with Crippen LogP contribution in [0.4, 0.5) is 0 Å². The van der Waals surface area contributed by atoms with E-state index in [-0.39, 0.29) is 17.9 Å². The van der Waals surface area contributed by atoms with Crippen molar-refractivity contribution in [2.24, 2.45) is 0 Å². The maximum atomic E-state index is 13.1. The van der Waals surface area contributed by atoms with Gasteiger partial charge in [0.2, 0.25) is 11.8 Å². The second-order valence-corrected chi connectivity index (χ2v) is 6.82. The molecule has 1 aliphatic carbocycles. The molecule has 26 heavy (non-hydrogen) atoms. The molecule has 140 valence electrons. The van der Waals surface area contributed by atoms with Gasteiger partial charge in [-0.05, 0) is 24.8 Å². The van der Waals surface area contributed by atoms with Gasteiger partial charge >= 0.3 is 0 Å². The summed E-state index contributed by atoms with van der Waals surface area (Å²) in [4.78, 5) is 27.5. The quantitative estimate of drug-likeness (QED) is 0.677. The fraction of sp³-hybridized carbons (Fsp3) is 0.455. The van der Waals surface area contributed by atoms with Crippen LogP contribution in [0.25, 0.3) is 0 Å². The van der Waals surface area contributed by atoms with Gasteiger partial charge < -0.3 is 10.2 Å². The molecule has 0 spiro atoms. The van der Waals surface area contributed by atoms with Crippen molar-refractivity contribution in [2.75, 3.05) is 6.54 Å². The maximum Gasteiger partial charge on any atom is 0.247 e. The van der Waals surface area contributed by atoms with Crippen molar-refractivity contribution < 1.29 is 9.59 Å². The van der Waals surface area contributed by atoms with Gasteiger partial charge in [0, 0.05) is 19.0 Å². The zero-order valence-electron chi connectivity index (χ0n) is 15.5. The van der Waals surface area contributed by atoms with Gasteiger partial charge in [0.25, 0.3) is 0 Å². The summed E-state index contributed by atoms with van der Waals surface area (Å²) >= 11 is 0. The first-order valence-corrected chi connectivity index (χ1v) is 9.54. The lowest BCUT2D eigenvalue weighted by atomic mass is 9.94. The monoisotopic (exact) mass is 354 g/mol. The summed E-state index contributed by atoms with van der Waals surface area (Å²) in [6, 6.07) is 9.10. The molecule has 1 saturated carbocycles. The van der Waals surface area contributed by atoms with E-state index in [9.17, 15) is 9.59 Å². The van der Waals surface area contributed by atoms with Crippen LogP contribution in [0.3, 0.4) is 0 Å². The second kappa shape index (κ2) is 10.6. The molecule has 0 aliphatic heterocycles. The zero-order valence-corrected chi connectivity index (χ0v) is 15.5. The predicted molar refractivity (Wildman–Crippen MR) is 106 cm³/mol. The van der Waals surface area contributed by atoms with Crippen LogP contribution in [0.2, 0.25) is 0 Å². The molecule has 2 amide bonds. The smallest absolute Gasteiger partial charge is 0.247 e. The molecule has 1 fully saturated rings.